The van der Waals surface area contributed by atoms with Crippen LogP contribution in [0.2, 0.25) is 0 Å². The first-order valence-electron chi connectivity index (χ1n) is 8.56. The number of aryl methyl sites for hydroxylation is 3. The first-order valence-corrected chi connectivity index (χ1v) is 9.38. The summed E-state index contributed by atoms with van der Waals surface area (Å²) in [6.07, 6.45) is 2.34. The molecule has 0 saturated carbocycles. The van der Waals surface area contributed by atoms with Gasteiger partial charge in [-0.25, -0.2) is 0 Å². The Morgan fingerprint density at radius 3 is 2.60 bits per heavy atom. The highest BCUT2D eigenvalue weighted by Crippen LogP contribution is 2.20. The zero-order valence-electron chi connectivity index (χ0n) is 15.3. The number of thiophene rings is 1. The summed E-state index contributed by atoms with van der Waals surface area (Å²) < 4.78 is 5.76. The van der Waals surface area contributed by atoms with Gasteiger partial charge in [0.2, 0.25) is 0 Å². The molecule has 1 aromatic carbocycles. The quantitative estimate of drug-likeness (QED) is 0.585. The SMILES string of the molecule is Cc1cc(C)cc(OCCC#Cc2ccc(CCC(C)(N)CO)s2)c1. The number of nitrogens with two attached hydrogens (primary N) is 1. The number of hydrogen-bond acceptors (Lipinski definition) is 4. The summed E-state index contributed by atoms with van der Waals surface area (Å²) in [7, 11) is 0. The molecule has 0 saturated heterocycles. The summed E-state index contributed by atoms with van der Waals surface area (Å²) >= 11 is 1.69. The van der Waals surface area contributed by atoms with Crippen molar-refractivity contribution in [2.45, 2.75) is 45.6 Å². The van der Waals surface area contributed by atoms with Gasteiger partial charge in [0.15, 0.2) is 0 Å². The summed E-state index contributed by atoms with van der Waals surface area (Å²) in [4.78, 5) is 2.31. The van der Waals surface area contributed by atoms with Gasteiger partial charge in [-0.15, -0.1) is 11.3 Å². The first-order chi connectivity index (χ1) is 11.9. The van der Waals surface area contributed by atoms with E-state index in [0.717, 1.165) is 23.5 Å². The molecule has 0 spiro atoms. The monoisotopic (exact) mass is 357 g/mol. The maximum atomic E-state index is 9.20. The van der Waals surface area contributed by atoms with E-state index in [1.54, 1.807) is 11.3 Å². The molecule has 0 fully saturated rings. The molecule has 2 aromatic rings. The predicted octanol–water partition coefficient (Wildman–Crippen LogP) is 3.83. The van der Waals surface area contributed by atoms with Crippen LogP contribution in [0.25, 0.3) is 0 Å². The van der Waals surface area contributed by atoms with Crippen LogP contribution in [0.15, 0.2) is 30.3 Å². The molecule has 1 unspecified atom stereocenters. The highest BCUT2D eigenvalue weighted by molar-refractivity contribution is 7.12. The second-order valence-corrected chi connectivity index (χ2v) is 7.97. The molecule has 0 amide bonds. The molecular formula is C21H27NO2S. The molecule has 1 atom stereocenters. The number of aliphatic hydroxyl groups is 1. The van der Waals surface area contributed by atoms with Crippen LogP contribution in [0, 0.1) is 25.7 Å². The fourth-order valence-electron chi connectivity index (χ4n) is 2.45. The van der Waals surface area contributed by atoms with Crippen molar-refractivity contribution in [2.24, 2.45) is 5.73 Å². The zero-order chi connectivity index (χ0) is 18.3. The second-order valence-electron chi connectivity index (χ2n) is 6.80. The molecule has 1 heterocycles. The van der Waals surface area contributed by atoms with Gasteiger partial charge in [-0.05, 0) is 69.0 Å². The van der Waals surface area contributed by atoms with Crippen molar-refractivity contribution in [3.63, 3.8) is 0 Å². The smallest absolute Gasteiger partial charge is 0.119 e. The molecule has 0 bridgehead atoms. The van der Waals surface area contributed by atoms with Gasteiger partial charge in [0.25, 0.3) is 0 Å². The van der Waals surface area contributed by atoms with E-state index >= 15 is 0 Å². The minimum absolute atomic E-state index is 0.00546. The normalized spacial score (nSPS) is 13.0. The van der Waals surface area contributed by atoms with Gasteiger partial charge in [0, 0.05) is 16.8 Å². The van der Waals surface area contributed by atoms with Crippen molar-refractivity contribution in [1.82, 2.24) is 0 Å². The van der Waals surface area contributed by atoms with E-state index in [2.05, 4.69) is 37.8 Å². The van der Waals surface area contributed by atoms with E-state index in [1.807, 2.05) is 25.1 Å². The molecule has 0 radical (unpaired) electrons. The minimum atomic E-state index is -0.513. The highest BCUT2D eigenvalue weighted by atomic mass is 32.1. The average Bonchev–Trinajstić information content (AvgIpc) is 3.00. The van der Waals surface area contributed by atoms with Gasteiger partial charge in [-0.3, -0.25) is 0 Å². The number of aliphatic hydroxyl groups excluding tert-OH is 1. The largest absolute Gasteiger partial charge is 0.493 e. The Kier molecular flexibility index (Phi) is 7.07. The van der Waals surface area contributed by atoms with Gasteiger partial charge in [-0.1, -0.05) is 17.9 Å². The standard InChI is InChI=1S/C21H27NO2S/c1-16-12-17(2)14-18(13-16)24-11-5-4-6-19-7-8-20(25-19)9-10-21(3,22)15-23/h7-8,12-14,23H,5,9-11,15,22H2,1-3H3. The predicted molar refractivity (Wildman–Crippen MR) is 105 cm³/mol. The molecule has 3 N–H and O–H groups in total. The molecular weight excluding hydrogens is 330 g/mol. The lowest BCUT2D eigenvalue weighted by molar-refractivity contribution is 0.201. The molecule has 2 rings (SSSR count). The topological polar surface area (TPSA) is 55.5 Å². The molecule has 0 aliphatic heterocycles. The third-order valence-corrected chi connectivity index (χ3v) is 4.93. The molecule has 4 heteroatoms. The molecule has 0 aliphatic carbocycles. The van der Waals surface area contributed by atoms with Crippen molar-refractivity contribution in [2.75, 3.05) is 13.2 Å². The Morgan fingerprint density at radius 1 is 1.20 bits per heavy atom. The molecule has 1 aromatic heterocycles. The lowest BCUT2D eigenvalue weighted by Crippen LogP contribution is -2.40. The molecule has 134 valence electrons. The maximum absolute atomic E-state index is 9.20. The lowest BCUT2D eigenvalue weighted by Gasteiger charge is -2.20. The Bertz CT molecular complexity index is 732. The Labute approximate surface area is 154 Å². The van der Waals surface area contributed by atoms with Crippen molar-refractivity contribution in [3.8, 4) is 17.6 Å². The van der Waals surface area contributed by atoms with Crippen molar-refractivity contribution >= 4 is 11.3 Å². The molecule has 25 heavy (non-hydrogen) atoms. The van der Waals surface area contributed by atoms with Gasteiger partial charge in [-0.2, -0.15) is 0 Å². The van der Waals surface area contributed by atoms with Crippen molar-refractivity contribution < 1.29 is 9.84 Å². The summed E-state index contributed by atoms with van der Waals surface area (Å²) in [5.41, 5.74) is 7.87. The number of benzene rings is 1. The minimum Gasteiger partial charge on any atom is -0.493 e. The van der Waals surface area contributed by atoms with Crippen molar-refractivity contribution in [3.05, 3.63) is 51.2 Å². The third-order valence-electron chi connectivity index (χ3n) is 3.87. The van der Waals surface area contributed by atoms with E-state index in [0.29, 0.717) is 13.0 Å². The summed E-state index contributed by atoms with van der Waals surface area (Å²) in [6, 6.07) is 10.4. The van der Waals surface area contributed by atoms with Gasteiger partial charge in [0.05, 0.1) is 18.1 Å². The van der Waals surface area contributed by atoms with Crippen LogP contribution in [0.3, 0.4) is 0 Å². The highest BCUT2D eigenvalue weighted by Gasteiger charge is 2.16. The van der Waals surface area contributed by atoms with Gasteiger partial charge in [0.1, 0.15) is 5.75 Å². The maximum Gasteiger partial charge on any atom is 0.119 e. The molecule has 3 nitrogen and oxygen atoms in total. The van der Waals surface area contributed by atoms with E-state index in [-0.39, 0.29) is 6.61 Å². The summed E-state index contributed by atoms with van der Waals surface area (Å²) in [5, 5.41) is 9.20. The summed E-state index contributed by atoms with van der Waals surface area (Å²) in [6.45, 7) is 6.61. The number of hydrogen-bond donors (Lipinski definition) is 2. The number of rotatable bonds is 7. The average molecular weight is 358 g/mol. The van der Waals surface area contributed by atoms with Gasteiger partial charge < -0.3 is 15.6 Å². The van der Waals surface area contributed by atoms with Crippen LogP contribution in [-0.2, 0) is 6.42 Å². The Morgan fingerprint density at radius 2 is 1.92 bits per heavy atom. The van der Waals surface area contributed by atoms with Crippen LogP contribution >= 0.6 is 11.3 Å². The third kappa shape index (κ3) is 6.91. The van der Waals surface area contributed by atoms with Gasteiger partial charge >= 0.3 is 0 Å². The van der Waals surface area contributed by atoms with E-state index in [9.17, 15) is 5.11 Å². The Balaban J connectivity index is 1.78. The van der Waals surface area contributed by atoms with Crippen LogP contribution in [0.4, 0.5) is 0 Å². The zero-order valence-corrected chi connectivity index (χ0v) is 16.1. The second kappa shape index (κ2) is 9.05. The van der Waals surface area contributed by atoms with E-state index < -0.39 is 5.54 Å². The summed E-state index contributed by atoms with van der Waals surface area (Å²) in [5.74, 6) is 7.27. The lowest BCUT2D eigenvalue weighted by atomic mass is 9.98. The van der Waals surface area contributed by atoms with E-state index in [4.69, 9.17) is 10.5 Å². The Hall–Kier alpha value is -1.80. The van der Waals surface area contributed by atoms with Crippen LogP contribution in [0.1, 0.15) is 40.6 Å². The fraction of sp³-hybridized carbons (Fsp3) is 0.429. The fourth-order valence-corrected chi connectivity index (χ4v) is 3.33. The van der Waals surface area contributed by atoms with E-state index in [1.165, 1.54) is 16.0 Å². The number of ether oxygens (including phenoxy) is 1. The van der Waals surface area contributed by atoms with Crippen molar-refractivity contribution in [1.29, 1.82) is 0 Å². The first kappa shape index (κ1) is 19.5. The van der Waals surface area contributed by atoms with Crippen LogP contribution in [0.5, 0.6) is 5.75 Å². The van der Waals surface area contributed by atoms with Crippen LogP contribution < -0.4 is 10.5 Å². The molecule has 0 aliphatic rings. The van der Waals surface area contributed by atoms with Crippen LogP contribution in [-0.4, -0.2) is 23.9 Å².